The molecule has 1 fully saturated rings. The minimum absolute atomic E-state index is 0.722. The summed E-state index contributed by atoms with van der Waals surface area (Å²) in [5, 5.41) is 14.9. The van der Waals surface area contributed by atoms with E-state index in [-0.39, 0.29) is 0 Å². The van der Waals surface area contributed by atoms with Crippen molar-refractivity contribution < 1.29 is 5.11 Å². The zero-order valence-electron chi connectivity index (χ0n) is 18.8. The summed E-state index contributed by atoms with van der Waals surface area (Å²) in [6, 6.07) is 37.8. The predicted molar refractivity (Wildman–Crippen MR) is 137 cm³/mol. The molecule has 0 aromatic heterocycles. The lowest BCUT2D eigenvalue weighted by Crippen LogP contribution is -2.42. The summed E-state index contributed by atoms with van der Waals surface area (Å²) in [5.74, 6) is 0. The zero-order chi connectivity index (χ0) is 22.5. The maximum absolute atomic E-state index is 11.3. The Bertz CT molecular complexity index is 1170. The number of aliphatic hydroxyl groups is 1. The molecule has 166 valence electrons. The quantitative estimate of drug-likeness (QED) is 0.366. The average molecular weight is 435 g/mol. The van der Waals surface area contributed by atoms with Crippen LogP contribution in [0.2, 0.25) is 0 Å². The van der Waals surface area contributed by atoms with Crippen molar-refractivity contribution in [3.8, 4) is 11.1 Å². The summed E-state index contributed by atoms with van der Waals surface area (Å²) in [6.45, 7) is 2.43. The number of rotatable bonds is 6. The Morgan fingerprint density at radius 1 is 0.697 bits per heavy atom. The highest BCUT2D eigenvalue weighted by atomic mass is 16.3. The van der Waals surface area contributed by atoms with Gasteiger partial charge in [-0.1, -0.05) is 91.0 Å². The van der Waals surface area contributed by atoms with Crippen LogP contribution in [0.1, 0.15) is 24.0 Å². The van der Waals surface area contributed by atoms with E-state index in [1.165, 1.54) is 22.4 Å². The number of nitrogens with zero attached hydrogens (tertiary/aromatic N) is 1. The van der Waals surface area contributed by atoms with Crippen LogP contribution in [0, 0.1) is 0 Å². The molecule has 1 saturated heterocycles. The highest BCUT2D eigenvalue weighted by molar-refractivity contribution is 5.74. The third-order valence-electron chi connectivity index (χ3n) is 6.63. The molecule has 0 aliphatic carbocycles. The van der Waals surface area contributed by atoms with Gasteiger partial charge in [0.25, 0.3) is 0 Å². The van der Waals surface area contributed by atoms with Crippen LogP contribution >= 0.6 is 0 Å². The maximum atomic E-state index is 11.3. The molecule has 0 unspecified atom stereocenters. The first-order valence-electron chi connectivity index (χ1n) is 11.7. The first-order valence-corrected chi connectivity index (χ1v) is 11.7. The van der Waals surface area contributed by atoms with Crippen molar-refractivity contribution in [3.63, 3.8) is 0 Å². The van der Waals surface area contributed by atoms with Gasteiger partial charge in [0, 0.05) is 31.0 Å². The lowest BCUT2D eigenvalue weighted by molar-refractivity contribution is 0.0118. The SMILES string of the molecule is OC1(c2ccccc2)CCN(c2cc(NCc3ccccc3)cc(-c3ccccc3)c2)CC1. The van der Waals surface area contributed by atoms with E-state index in [1.54, 1.807) is 0 Å². The van der Waals surface area contributed by atoms with E-state index in [4.69, 9.17) is 0 Å². The molecule has 0 amide bonds. The van der Waals surface area contributed by atoms with Gasteiger partial charge in [0.1, 0.15) is 0 Å². The zero-order valence-corrected chi connectivity index (χ0v) is 18.8. The molecule has 33 heavy (non-hydrogen) atoms. The third kappa shape index (κ3) is 4.94. The molecule has 0 radical (unpaired) electrons. The van der Waals surface area contributed by atoms with E-state index in [2.05, 4.69) is 83.0 Å². The number of nitrogens with one attached hydrogen (secondary N) is 1. The van der Waals surface area contributed by atoms with Crippen LogP contribution in [0.15, 0.2) is 109 Å². The van der Waals surface area contributed by atoms with Gasteiger partial charge in [-0.15, -0.1) is 0 Å². The Morgan fingerprint density at radius 3 is 1.97 bits per heavy atom. The van der Waals surface area contributed by atoms with Crippen LogP contribution < -0.4 is 10.2 Å². The van der Waals surface area contributed by atoms with E-state index < -0.39 is 5.60 Å². The Hall–Kier alpha value is -3.56. The summed E-state index contributed by atoms with van der Waals surface area (Å²) in [7, 11) is 0. The van der Waals surface area contributed by atoms with E-state index in [0.717, 1.165) is 43.7 Å². The van der Waals surface area contributed by atoms with Gasteiger partial charge in [-0.3, -0.25) is 0 Å². The minimum atomic E-state index is -0.747. The molecule has 3 nitrogen and oxygen atoms in total. The van der Waals surface area contributed by atoms with Crippen LogP contribution in [0.3, 0.4) is 0 Å². The molecular formula is C30H30N2O. The highest BCUT2D eigenvalue weighted by Crippen LogP contribution is 2.36. The lowest BCUT2D eigenvalue weighted by atomic mass is 9.84. The van der Waals surface area contributed by atoms with Crippen LogP contribution in [0.5, 0.6) is 0 Å². The second kappa shape index (κ2) is 9.51. The van der Waals surface area contributed by atoms with Crippen molar-refractivity contribution in [2.45, 2.75) is 25.0 Å². The van der Waals surface area contributed by atoms with E-state index >= 15 is 0 Å². The number of piperidine rings is 1. The molecular weight excluding hydrogens is 404 g/mol. The fraction of sp³-hybridized carbons (Fsp3) is 0.200. The Kier molecular flexibility index (Phi) is 6.14. The van der Waals surface area contributed by atoms with Gasteiger partial charge in [-0.25, -0.2) is 0 Å². The first-order chi connectivity index (χ1) is 16.2. The third-order valence-corrected chi connectivity index (χ3v) is 6.63. The van der Waals surface area contributed by atoms with Crippen molar-refractivity contribution in [2.75, 3.05) is 23.3 Å². The minimum Gasteiger partial charge on any atom is -0.385 e. The van der Waals surface area contributed by atoms with Crippen LogP contribution in [0.25, 0.3) is 11.1 Å². The van der Waals surface area contributed by atoms with E-state index in [0.29, 0.717) is 0 Å². The van der Waals surface area contributed by atoms with Gasteiger partial charge in [0.2, 0.25) is 0 Å². The van der Waals surface area contributed by atoms with Crippen molar-refractivity contribution in [1.82, 2.24) is 0 Å². The summed E-state index contributed by atoms with van der Waals surface area (Å²) in [6.07, 6.45) is 1.44. The number of benzene rings is 4. The summed E-state index contributed by atoms with van der Waals surface area (Å²) in [5.41, 5.74) is 6.25. The predicted octanol–water partition coefficient (Wildman–Crippen LogP) is 6.45. The summed E-state index contributed by atoms with van der Waals surface area (Å²) in [4.78, 5) is 2.40. The van der Waals surface area contributed by atoms with E-state index in [9.17, 15) is 5.11 Å². The van der Waals surface area contributed by atoms with Crippen molar-refractivity contribution >= 4 is 11.4 Å². The van der Waals surface area contributed by atoms with E-state index in [1.807, 2.05) is 36.4 Å². The molecule has 2 N–H and O–H groups in total. The Morgan fingerprint density at radius 2 is 1.30 bits per heavy atom. The molecule has 4 aromatic rings. The molecule has 5 rings (SSSR count). The van der Waals surface area contributed by atoms with Crippen molar-refractivity contribution in [3.05, 3.63) is 120 Å². The molecule has 3 heteroatoms. The van der Waals surface area contributed by atoms with Gasteiger partial charge in [0.05, 0.1) is 5.60 Å². The monoisotopic (exact) mass is 434 g/mol. The van der Waals surface area contributed by atoms with Crippen molar-refractivity contribution in [2.24, 2.45) is 0 Å². The first kappa shape index (κ1) is 21.3. The topological polar surface area (TPSA) is 35.5 Å². The number of hydrogen-bond acceptors (Lipinski definition) is 3. The second-order valence-corrected chi connectivity index (χ2v) is 8.86. The van der Waals surface area contributed by atoms with Crippen LogP contribution in [-0.2, 0) is 12.1 Å². The largest absolute Gasteiger partial charge is 0.385 e. The fourth-order valence-electron chi connectivity index (χ4n) is 4.66. The van der Waals surface area contributed by atoms with Gasteiger partial charge in [-0.2, -0.15) is 0 Å². The molecule has 1 aliphatic heterocycles. The van der Waals surface area contributed by atoms with Gasteiger partial charge in [0.15, 0.2) is 0 Å². The average Bonchev–Trinajstić information content (AvgIpc) is 2.89. The molecule has 1 aliphatic rings. The summed E-state index contributed by atoms with van der Waals surface area (Å²) < 4.78 is 0. The van der Waals surface area contributed by atoms with Gasteiger partial charge < -0.3 is 15.3 Å². The Balaban J connectivity index is 1.39. The molecule has 0 bridgehead atoms. The highest BCUT2D eigenvalue weighted by Gasteiger charge is 2.34. The van der Waals surface area contributed by atoms with Gasteiger partial charge in [-0.05, 0) is 53.3 Å². The fourth-order valence-corrected chi connectivity index (χ4v) is 4.66. The molecule has 0 atom stereocenters. The Labute approximate surface area is 196 Å². The second-order valence-electron chi connectivity index (χ2n) is 8.86. The molecule has 0 spiro atoms. The smallest absolute Gasteiger partial charge is 0.0930 e. The normalized spacial score (nSPS) is 15.2. The molecule has 1 heterocycles. The maximum Gasteiger partial charge on any atom is 0.0930 e. The number of hydrogen-bond donors (Lipinski definition) is 2. The van der Waals surface area contributed by atoms with Crippen LogP contribution in [0.4, 0.5) is 11.4 Å². The van der Waals surface area contributed by atoms with Crippen molar-refractivity contribution in [1.29, 1.82) is 0 Å². The standard InChI is InChI=1S/C30H30N2O/c33-30(27-14-8-3-9-15-27)16-18-32(19-17-30)29-21-26(25-12-6-2-7-13-25)20-28(22-29)31-23-24-10-4-1-5-11-24/h1-15,20-22,31,33H,16-19,23H2. The molecule has 0 saturated carbocycles. The van der Waals surface area contributed by atoms with Gasteiger partial charge >= 0.3 is 0 Å². The molecule has 4 aromatic carbocycles. The number of anilines is 2. The lowest BCUT2D eigenvalue weighted by Gasteiger charge is -2.40. The summed E-state index contributed by atoms with van der Waals surface area (Å²) >= 11 is 0. The van der Waals surface area contributed by atoms with Crippen LogP contribution in [-0.4, -0.2) is 18.2 Å².